The Kier molecular flexibility index (Phi) is 4.39. The fourth-order valence-corrected chi connectivity index (χ4v) is 1.59. The van der Waals surface area contributed by atoms with Gasteiger partial charge in [-0.05, 0) is 26.7 Å². The van der Waals surface area contributed by atoms with Gasteiger partial charge in [-0.3, -0.25) is 4.79 Å². The Hall–Kier alpha value is -1.26. The summed E-state index contributed by atoms with van der Waals surface area (Å²) in [6, 6.07) is -0.593. The lowest BCUT2D eigenvalue weighted by molar-refractivity contribution is -0.122. The van der Waals surface area contributed by atoms with Gasteiger partial charge in [0.05, 0.1) is 0 Å². The van der Waals surface area contributed by atoms with Gasteiger partial charge in [0.1, 0.15) is 6.04 Å². The van der Waals surface area contributed by atoms with Crippen molar-refractivity contribution >= 4 is 11.9 Å². The number of nitrogens with one attached hydrogen (secondary N) is 2. The smallest absolute Gasteiger partial charge is 0.318 e. The van der Waals surface area contributed by atoms with E-state index in [4.69, 9.17) is 0 Å². The molecule has 2 N–H and O–H groups in total. The van der Waals surface area contributed by atoms with E-state index in [0.717, 1.165) is 25.9 Å². The monoisotopic (exact) mass is 213 g/mol. The highest BCUT2D eigenvalue weighted by Gasteiger charge is 2.21. The number of amides is 3. The second-order valence-electron chi connectivity index (χ2n) is 3.76. The molecule has 15 heavy (non-hydrogen) atoms. The van der Waals surface area contributed by atoms with Gasteiger partial charge in [0.25, 0.3) is 0 Å². The number of hydrogen-bond donors (Lipinski definition) is 2. The molecule has 0 saturated carbocycles. The van der Waals surface area contributed by atoms with Crippen LogP contribution in [-0.2, 0) is 4.79 Å². The van der Waals surface area contributed by atoms with Crippen LogP contribution in [-0.4, -0.2) is 42.5 Å². The van der Waals surface area contributed by atoms with E-state index in [1.54, 1.807) is 11.8 Å². The lowest BCUT2D eigenvalue weighted by atomic mass is 10.3. The van der Waals surface area contributed by atoms with E-state index in [0.29, 0.717) is 6.54 Å². The molecule has 0 spiro atoms. The predicted octanol–water partition coefficient (Wildman–Crippen LogP) is 0.316. The van der Waals surface area contributed by atoms with Crippen LogP contribution in [0.5, 0.6) is 0 Å². The first-order chi connectivity index (χ1) is 7.15. The molecule has 86 valence electrons. The quantitative estimate of drug-likeness (QED) is 0.709. The van der Waals surface area contributed by atoms with E-state index in [9.17, 15) is 9.59 Å². The normalized spacial score (nSPS) is 17.3. The molecule has 0 aliphatic carbocycles. The third kappa shape index (κ3) is 3.42. The van der Waals surface area contributed by atoms with Crippen molar-refractivity contribution in [3.05, 3.63) is 0 Å². The Balaban J connectivity index is 2.33. The van der Waals surface area contributed by atoms with E-state index in [1.807, 2.05) is 6.92 Å². The van der Waals surface area contributed by atoms with Gasteiger partial charge >= 0.3 is 6.03 Å². The Morgan fingerprint density at radius 2 is 1.93 bits per heavy atom. The Morgan fingerprint density at radius 1 is 1.33 bits per heavy atom. The van der Waals surface area contributed by atoms with E-state index < -0.39 is 6.04 Å². The molecule has 5 nitrogen and oxygen atoms in total. The van der Waals surface area contributed by atoms with Crippen LogP contribution in [0.4, 0.5) is 4.79 Å². The average Bonchev–Trinajstić information content (AvgIpc) is 2.70. The summed E-state index contributed by atoms with van der Waals surface area (Å²) in [6.07, 6.45) is 2.12. The number of nitrogens with zero attached hydrogens (tertiary/aromatic N) is 1. The molecule has 0 radical (unpaired) electrons. The van der Waals surface area contributed by atoms with Crippen LogP contribution in [0.3, 0.4) is 0 Å². The Labute approximate surface area is 90.2 Å². The molecule has 1 unspecified atom stereocenters. The number of rotatable bonds is 3. The molecule has 5 heteroatoms. The van der Waals surface area contributed by atoms with Crippen molar-refractivity contribution in [1.82, 2.24) is 15.5 Å². The highest BCUT2D eigenvalue weighted by molar-refractivity contribution is 5.86. The molecule has 1 atom stereocenters. The van der Waals surface area contributed by atoms with Gasteiger partial charge in [-0.1, -0.05) is 0 Å². The number of likely N-dealkylation sites (N-methyl/N-ethyl adjacent to an activating group) is 1. The first-order valence-electron chi connectivity index (χ1n) is 5.48. The molecule has 1 rings (SSSR count). The van der Waals surface area contributed by atoms with Crippen LogP contribution >= 0.6 is 0 Å². The summed E-state index contributed by atoms with van der Waals surface area (Å²) in [5.74, 6) is -0.134. The zero-order chi connectivity index (χ0) is 11.3. The summed E-state index contributed by atoms with van der Waals surface area (Å²) in [4.78, 5) is 24.7. The minimum absolute atomic E-state index is 0.133. The van der Waals surface area contributed by atoms with Crippen molar-refractivity contribution < 1.29 is 9.59 Å². The summed E-state index contributed by atoms with van der Waals surface area (Å²) in [6.45, 7) is 5.73. The maximum atomic E-state index is 11.6. The van der Waals surface area contributed by atoms with Gasteiger partial charge in [-0.25, -0.2) is 4.79 Å². The summed E-state index contributed by atoms with van der Waals surface area (Å²) in [7, 11) is 0. The van der Waals surface area contributed by atoms with Gasteiger partial charge in [0.2, 0.25) is 5.91 Å². The lowest BCUT2D eigenvalue weighted by Gasteiger charge is -2.19. The van der Waals surface area contributed by atoms with Crippen LogP contribution in [0.25, 0.3) is 0 Å². The zero-order valence-electron chi connectivity index (χ0n) is 9.38. The molecule has 1 aliphatic rings. The minimum Gasteiger partial charge on any atom is -0.355 e. The fraction of sp³-hybridized carbons (Fsp3) is 0.800. The standard InChI is InChI=1S/C10H19N3O2/c1-3-11-9(14)8(2)12-10(15)13-6-4-5-7-13/h8H,3-7H2,1-2H3,(H,11,14)(H,12,15). The molecule has 0 aromatic carbocycles. The van der Waals surface area contributed by atoms with Gasteiger partial charge < -0.3 is 15.5 Å². The number of carbonyl (C=O) groups excluding carboxylic acids is 2. The van der Waals surface area contributed by atoms with Gasteiger partial charge in [0.15, 0.2) is 0 Å². The van der Waals surface area contributed by atoms with Gasteiger partial charge in [-0.2, -0.15) is 0 Å². The topological polar surface area (TPSA) is 61.4 Å². The number of carbonyl (C=O) groups is 2. The van der Waals surface area contributed by atoms with E-state index in [2.05, 4.69) is 10.6 Å². The molecule has 0 aromatic heterocycles. The average molecular weight is 213 g/mol. The second kappa shape index (κ2) is 5.58. The van der Waals surface area contributed by atoms with Crippen LogP contribution < -0.4 is 10.6 Å². The Bertz CT molecular complexity index is 237. The zero-order valence-corrected chi connectivity index (χ0v) is 9.38. The fourth-order valence-electron chi connectivity index (χ4n) is 1.59. The van der Waals surface area contributed by atoms with Crippen LogP contribution in [0.2, 0.25) is 0 Å². The molecule has 1 aliphatic heterocycles. The first kappa shape index (κ1) is 11.8. The SMILES string of the molecule is CCNC(=O)C(C)NC(=O)N1CCCC1. The maximum absolute atomic E-state index is 11.6. The summed E-state index contributed by atoms with van der Waals surface area (Å²) >= 11 is 0. The molecule has 0 bridgehead atoms. The van der Waals surface area contributed by atoms with Crippen LogP contribution in [0.15, 0.2) is 0 Å². The molecular formula is C10H19N3O2. The van der Waals surface area contributed by atoms with Crippen molar-refractivity contribution in [2.45, 2.75) is 32.7 Å². The third-order valence-electron chi connectivity index (χ3n) is 2.48. The molecule has 1 saturated heterocycles. The number of likely N-dealkylation sites (tertiary alicyclic amines) is 1. The van der Waals surface area contributed by atoms with Crippen LogP contribution in [0.1, 0.15) is 26.7 Å². The third-order valence-corrected chi connectivity index (χ3v) is 2.48. The van der Waals surface area contributed by atoms with E-state index in [-0.39, 0.29) is 11.9 Å². The predicted molar refractivity (Wildman–Crippen MR) is 57.5 cm³/mol. The van der Waals surface area contributed by atoms with Crippen molar-refractivity contribution in [1.29, 1.82) is 0 Å². The molecule has 0 aromatic rings. The Morgan fingerprint density at radius 3 is 2.47 bits per heavy atom. The van der Waals surface area contributed by atoms with Crippen molar-refractivity contribution in [3.8, 4) is 0 Å². The maximum Gasteiger partial charge on any atom is 0.318 e. The van der Waals surface area contributed by atoms with Crippen molar-refractivity contribution in [3.63, 3.8) is 0 Å². The van der Waals surface area contributed by atoms with Gasteiger partial charge in [0, 0.05) is 19.6 Å². The van der Waals surface area contributed by atoms with Crippen LogP contribution in [0, 0.1) is 0 Å². The number of urea groups is 1. The highest BCUT2D eigenvalue weighted by atomic mass is 16.2. The van der Waals surface area contributed by atoms with E-state index >= 15 is 0 Å². The highest BCUT2D eigenvalue weighted by Crippen LogP contribution is 2.07. The van der Waals surface area contributed by atoms with Gasteiger partial charge in [-0.15, -0.1) is 0 Å². The summed E-state index contributed by atoms with van der Waals surface area (Å²) in [5.41, 5.74) is 0. The second-order valence-corrected chi connectivity index (χ2v) is 3.76. The first-order valence-corrected chi connectivity index (χ1v) is 5.48. The van der Waals surface area contributed by atoms with Crippen molar-refractivity contribution in [2.75, 3.05) is 19.6 Å². The lowest BCUT2D eigenvalue weighted by Crippen LogP contribution is -2.49. The largest absolute Gasteiger partial charge is 0.355 e. The summed E-state index contributed by atoms with van der Waals surface area (Å²) in [5, 5.41) is 5.35. The molecule has 1 fully saturated rings. The number of hydrogen-bond acceptors (Lipinski definition) is 2. The van der Waals surface area contributed by atoms with Crippen molar-refractivity contribution in [2.24, 2.45) is 0 Å². The summed E-state index contributed by atoms with van der Waals surface area (Å²) < 4.78 is 0. The molecule has 3 amide bonds. The molecular weight excluding hydrogens is 194 g/mol. The minimum atomic E-state index is -0.460. The molecule has 1 heterocycles. The van der Waals surface area contributed by atoms with E-state index in [1.165, 1.54) is 0 Å².